The molecule has 0 spiro atoms. The Kier molecular flexibility index (Phi) is 5.12. The van der Waals surface area contributed by atoms with E-state index < -0.39 is 21.9 Å². The first kappa shape index (κ1) is 15.7. The lowest BCUT2D eigenvalue weighted by atomic mass is 10.2. The second-order valence-corrected chi connectivity index (χ2v) is 6.56. The summed E-state index contributed by atoms with van der Waals surface area (Å²) in [6, 6.07) is -0.360. The lowest BCUT2D eigenvalue weighted by Gasteiger charge is -2.33. The maximum atomic E-state index is 11.7. The van der Waals surface area contributed by atoms with E-state index in [9.17, 15) is 18.0 Å². The minimum atomic E-state index is -3.21. The molecule has 0 bridgehead atoms. The molecule has 0 aromatic heterocycles. The molecule has 19 heavy (non-hydrogen) atoms. The molecule has 110 valence electrons. The van der Waals surface area contributed by atoms with Crippen LogP contribution in [0.3, 0.4) is 0 Å². The van der Waals surface area contributed by atoms with Gasteiger partial charge < -0.3 is 15.3 Å². The smallest absolute Gasteiger partial charge is 0.317 e. The maximum Gasteiger partial charge on any atom is 0.317 e. The van der Waals surface area contributed by atoms with Gasteiger partial charge in [-0.2, -0.15) is 4.31 Å². The van der Waals surface area contributed by atoms with Crippen LogP contribution in [0.4, 0.5) is 4.79 Å². The fourth-order valence-electron chi connectivity index (χ4n) is 1.66. The Balaban J connectivity index is 2.39. The van der Waals surface area contributed by atoms with Crippen molar-refractivity contribution in [1.82, 2.24) is 14.5 Å². The topological polar surface area (TPSA) is 107 Å². The van der Waals surface area contributed by atoms with Gasteiger partial charge in [0.15, 0.2) is 0 Å². The second-order valence-electron chi connectivity index (χ2n) is 4.57. The number of piperazine rings is 1. The molecule has 1 atom stereocenters. The number of hydrogen-bond donors (Lipinski definition) is 2. The first-order valence-electron chi connectivity index (χ1n) is 5.92. The molecule has 1 unspecified atom stereocenters. The normalized spacial score (nSPS) is 18.9. The number of hydrogen-bond acceptors (Lipinski definition) is 4. The summed E-state index contributed by atoms with van der Waals surface area (Å²) in [7, 11) is -3.21. The van der Waals surface area contributed by atoms with E-state index in [-0.39, 0.29) is 25.7 Å². The minimum Gasteiger partial charge on any atom is -0.481 e. The Hall–Kier alpha value is -1.35. The molecule has 0 aromatic carbocycles. The van der Waals surface area contributed by atoms with Crippen LogP contribution < -0.4 is 5.32 Å². The summed E-state index contributed by atoms with van der Waals surface area (Å²) in [5.41, 5.74) is 0. The maximum absolute atomic E-state index is 11.7. The molecular weight excluding hydrogens is 274 g/mol. The molecule has 1 rings (SSSR count). The van der Waals surface area contributed by atoms with Crippen LogP contribution in [0.5, 0.6) is 0 Å². The molecule has 9 heteroatoms. The zero-order chi connectivity index (χ0) is 14.6. The van der Waals surface area contributed by atoms with Crippen LogP contribution in [0.2, 0.25) is 0 Å². The summed E-state index contributed by atoms with van der Waals surface area (Å²) < 4.78 is 23.9. The van der Waals surface area contributed by atoms with Gasteiger partial charge >= 0.3 is 12.0 Å². The van der Waals surface area contributed by atoms with Gasteiger partial charge in [0.1, 0.15) is 0 Å². The highest BCUT2D eigenvalue weighted by atomic mass is 32.2. The summed E-state index contributed by atoms with van der Waals surface area (Å²) in [4.78, 5) is 23.8. The number of aliphatic carboxylic acids is 1. The third-order valence-electron chi connectivity index (χ3n) is 2.98. The van der Waals surface area contributed by atoms with Crippen LogP contribution in [-0.4, -0.2) is 73.7 Å². The van der Waals surface area contributed by atoms with Crippen molar-refractivity contribution < 1.29 is 23.1 Å². The molecule has 0 saturated carbocycles. The molecule has 2 amide bonds. The lowest BCUT2D eigenvalue weighted by Crippen LogP contribution is -2.53. The molecular formula is C10H19N3O5S. The van der Waals surface area contributed by atoms with Gasteiger partial charge in [-0.3, -0.25) is 4.79 Å². The summed E-state index contributed by atoms with van der Waals surface area (Å²) >= 11 is 0. The van der Waals surface area contributed by atoms with Crippen molar-refractivity contribution in [2.45, 2.75) is 6.92 Å². The first-order valence-corrected chi connectivity index (χ1v) is 7.77. The third kappa shape index (κ3) is 4.67. The molecule has 1 saturated heterocycles. The summed E-state index contributed by atoms with van der Waals surface area (Å²) in [5.74, 6) is -1.62. The molecule has 0 aromatic rings. The number of carboxylic acid groups (broad SMARTS) is 1. The summed E-state index contributed by atoms with van der Waals surface area (Å²) in [5, 5.41) is 11.2. The molecule has 1 fully saturated rings. The monoisotopic (exact) mass is 293 g/mol. The van der Waals surface area contributed by atoms with Crippen LogP contribution in [-0.2, 0) is 14.8 Å². The van der Waals surface area contributed by atoms with Crippen LogP contribution in [0.25, 0.3) is 0 Å². The zero-order valence-corrected chi connectivity index (χ0v) is 11.8. The van der Waals surface area contributed by atoms with Gasteiger partial charge in [-0.15, -0.1) is 0 Å². The van der Waals surface area contributed by atoms with Crippen molar-refractivity contribution in [1.29, 1.82) is 0 Å². The van der Waals surface area contributed by atoms with E-state index in [0.717, 1.165) is 6.26 Å². The van der Waals surface area contributed by atoms with Gasteiger partial charge in [-0.05, 0) is 0 Å². The molecule has 2 N–H and O–H groups in total. The van der Waals surface area contributed by atoms with E-state index in [1.165, 1.54) is 16.1 Å². The molecule has 0 radical (unpaired) electrons. The van der Waals surface area contributed by atoms with Gasteiger partial charge in [-0.25, -0.2) is 13.2 Å². The van der Waals surface area contributed by atoms with Crippen molar-refractivity contribution >= 4 is 22.0 Å². The Morgan fingerprint density at radius 1 is 1.26 bits per heavy atom. The second kappa shape index (κ2) is 6.20. The van der Waals surface area contributed by atoms with Crippen LogP contribution in [0.15, 0.2) is 0 Å². The SMILES string of the molecule is CC(CNC(=O)N1CCN(S(C)(=O)=O)CC1)C(=O)O. The van der Waals surface area contributed by atoms with E-state index in [2.05, 4.69) is 5.32 Å². The number of nitrogens with one attached hydrogen (secondary N) is 1. The molecule has 1 heterocycles. The predicted molar refractivity (Wildman–Crippen MR) is 68.2 cm³/mol. The van der Waals surface area contributed by atoms with E-state index in [4.69, 9.17) is 5.11 Å². The highest BCUT2D eigenvalue weighted by Crippen LogP contribution is 2.06. The number of amides is 2. The van der Waals surface area contributed by atoms with E-state index >= 15 is 0 Å². The fourth-order valence-corrected chi connectivity index (χ4v) is 2.49. The number of sulfonamides is 1. The van der Waals surface area contributed by atoms with Crippen LogP contribution >= 0.6 is 0 Å². The van der Waals surface area contributed by atoms with E-state index in [0.29, 0.717) is 13.1 Å². The predicted octanol–water partition coefficient (Wildman–Crippen LogP) is -1.01. The molecule has 8 nitrogen and oxygen atoms in total. The highest BCUT2D eigenvalue weighted by Gasteiger charge is 2.26. The van der Waals surface area contributed by atoms with Gasteiger partial charge in [0.2, 0.25) is 10.0 Å². The van der Waals surface area contributed by atoms with E-state index in [1.54, 1.807) is 0 Å². The van der Waals surface area contributed by atoms with E-state index in [1.807, 2.05) is 0 Å². The molecule has 1 aliphatic rings. The standard InChI is InChI=1S/C10H19N3O5S/c1-8(9(14)15)7-11-10(16)12-3-5-13(6-4-12)19(2,17)18/h8H,3-7H2,1-2H3,(H,11,16)(H,14,15). The number of carboxylic acids is 1. The van der Waals surface area contributed by atoms with Gasteiger partial charge in [-0.1, -0.05) is 6.92 Å². The van der Waals surface area contributed by atoms with Crippen LogP contribution in [0.1, 0.15) is 6.92 Å². The van der Waals surface area contributed by atoms with Gasteiger partial charge in [0.25, 0.3) is 0 Å². The fraction of sp³-hybridized carbons (Fsp3) is 0.800. The van der Waals surface area contributed by atoms with Crippen molar-refractivity contribution in [3.8, 4) is 0 Å². The molecule has 0 aliphatic carbocycles. The third-order valence-corrected chi connectivity index (χ3v) is 4.28. The zero-order valence-electron chi connectivity index (χ0n) is 11.0. The lowest BCUT2D eigenvalue weighted by molar-refractivity contribution is -0.140. The number of rotatable bonds is 4. The Labute approximate surface area is 112 Å². The summed E-state index contributed by atoms with van der Waals surface area (Å²) in [6.45, 7) is 2.70. The molecule has 1 aliphatic heterocycles. The average molecular weight is 293 g/mol. The Bertz CT molecular complexity index is 442. The number of urea groups is 1. The number of carbonyl (C=O) groups is 2. The summed E-state index contributed by atoms with van der Waals surface area (Å²) in [6.07, 6.45) is 1.14. The first-order chi connectivity index (χ1) is 8.71. The Morgan fingerprint density at radius 2 is 1.79 bits per heavy atom. The van der Waals surface area contributed by atoms with Gasteiger partial charge in [0, 0.05) is 32.7 Å². The van der Waals surface area contributed by atoms with Crippen LogP contribution in [0, 0.1) is 5.92 Å². The highest BCUT2D eigenvalue weighted by molar-refractivity contribution is 7.88. The quantitative estimate of drug-likeness (QED) is 0.691. The Morgan fingerprint density at radius 3 is 2.21 bits per heavy atom. The van der Waals surface area contributed by atoms with Crippen molar-refractivity contribution in [3.05, 3.63) is 0 Å². The van der Waals surface area contributed by atoms with Crippen molar-refractivity contribution in [2.75, 3.05) is 39.0 Å². The van der Waals surface area contributed by atoms with Gasteiger partial charge in [0.05, 0.1) is 12.2 Å². The number of nitrogens with zero attached hydrogens (tertiary/aromatic N) is 2. The largest absolute Gasteiger partial charge is 0.481 e. The minimum absolute atomic E-state index is 0.0560. The van der Waals surface area contributed by atoms with Crippen molar-refractivity contribution in [2.24, 2.45) is 5.92 Å². The number of carbonyl (C=O) groups excluding carboxylic acids is 1. The van der Waals surface area contributed by atoms with Crippen molar-refractivity contribution in [3.63, 3.8) is 0 Å². The average Bonchev–Trinajstić information content (AvgIpc) is 2.34.